The van der Waals surface area contributed by atoms with E-state index in [9.17, 15) is 9.18 Å². The minimum absolute atomic E-state index is 0.0730. The molecular weight excluding hydrogens is 441 g/mol. The average molecular weight is 462 g/mol. The van der Waals surface area contributed by atoms with Crippen molar-refractivity contribution in [1.29, 1.82) is 0 Å². The van der Waals surface area contributed by atoms with E-state index >= 15 is 0 Å². The molecule has 0 aliphatic rings. The number of thioether (sulfide) groups is 1. The molecule has 4 rings (SSSR count). The summed E-state index contributed by atoms with van der Waals surface area (Å²) in [5.74, 6) is 0.778. The van der Waals surface area contributed by atoms with E-state index in [1.165, 1.54) is 30.1 Å². The fraction of sp³-hybridized carbons (Fsp3) is 0.0833. The van der Waals surface area contributed by atoms with Crippen molar-refractivity contribution < 1.29 is 13.9 Å². The third-order valence-corrected chi connectivity index (χ3v) is 5.51. The van der Waals surface area contributed by atoms with Crippen LogP contribution in [0.5, 0.6) is 5.75 Å². The fourth-order valence-corrected chi connectivity index (χ4v) is 3.77. The smallest absolute Gasteiger partial charge is 0.250 e. The molecule has 1 heterocycles. The summed E-state index contributed by atoms with van der Waals surface area (Å²) >= 11 is 1.24. The van der Waals surface area contributed by atoms with Crippen LogP contribution in [-0.2, 0) is 4.79 Å². The lowest BCUT2D eigenvalue weighted by molar-refractivity contribution is -0.118. The molecule has 0 spiro atoms. The molecule has 0 saturated carbocycles. The number of benzene rings is 3. The van der Waals surface area contributed by atoms with Crippen LogP contribution in [0, 0.1) is 5.82 Å². The molecule has 3 aromatic carbocycles. The maximum atomic E-state index is 13.2. The number of hydrogen-bond donors (Lipinski definition) is 1. The van der Waals surface area contributed by atoms with Crippen LogP contribution in [0.4, 0.5) is 4.39 Å². The molecule has 166 valence electrons. The van der Waals surface area contributed by atoms with E-state index in [1.54, 1.807) is 19.2 Å². The molecule has 0 saturated heterocycles. The van der Waals surface area contributed by atoms with E-state index in [4.69, 9.17) is 4.74 Å². The zero-order chi connectivity index (χ0) is 23.0. The number of ether oxygens (including phenoxy) is 1. The minimum atomic E-state index is -0.368. The normalized spacial score (nSPS) is 11.0. The Labute approximate surface area is 194 Å². The first-order valence-corrected chi connectivity index (χ1v) is 11.0. The van der Waals surface area contributed by atoms with Crippen molar-refractivity contribution in [3.05, 3.63) is 90.2 Å². The van der Waals surface area contributed by atoms with Crippen LogP contribution >= 0.6 is 11.8 Å². The Hall–Kier alpha value is -3.98. The SMILES string of the molecule is COc1ccc(-n2c(SCC(=O)NN=Cc3cccc(F)c3)nnc2-c2ccccc2)cc1. The highest BCUT2D eigenvalue weighted by molar-refractivity contribution is 7.99. The number of hydrazone groups is 1. The van der Waals surface area contributed by atoms with Gasteiger partial charge in [-0.2, -0.15) is 5.10 Å². The number of hydrogen-bond acceptors (Lipinski definition) is 6. The van der Waals surface area contributed by atoms with Crippen LogP contribution in [0.3, 0.4) is 0 Å². The largest absolute Gasteiger partial charge is 0.497 e. The molecule has 7 nitrogen and oxygen atoms in total. The van der Waals surface area contributed by atoms with E-state index in [0.29, 0.717) is 16.5 Å². The van der Waals surface area contributed by atoms with Gasteiger partial charge in [-0.1, -0.05) is 54.2 Å². The van der Waals surface area contributed by atoms with Crippen LogP contribution in [0.1, 0.15) is 5.56 Å². The molecule has 4 aromatic rings. The lowest BCUT2D eigenvalue weighted by atomic mass is 10.2. The third kappa shape index (κ3) is 5.64. The highest BCUT2D eigenvalue weighted by Crippen LogP contribution is 2.28. The lowest BCUT2D eigenvalue weighted by Crippen LogP contribution is -2.20. The van der Waals surface area contributed by atoms with E-state index in [0.717, 1.165) is 17.0 Å². The number of nitrogens with zero attached hydrogens (tertiary/aromatic N) is 4. The van der Waals surface area contributed by atoms with E-state index < -0.39 is 0 Å². The standard InChI is InChI=1S/C24H20FN5O2S/c1-32-21-12-10-20(11-13-21)30-23(18-7-3-2-4-8-18)28-29-24(30)33-16-22(31)27-26-15-17-6-5-9-19(25)14-17/h2-15H,16H2,1H3,(H,27,31). The predicted molar refractivity (Wildman–Crippen MR) is 126 cm³/mol. The van der Waals surface area contributed by atoms with Crippen molar-refractivity contribution in [3.63, 3.8) is 0 Å². The van der Waals surface area contributed by atoms with Crippen molar-refractivity contribution in [2.45, 2.75) is 5.16 Å². The first-order valence-electron chi connectivity index (χ1n) is 9.99. The van der Waals surface area contributed by atoms with Crippen molar-refractivity contribution in [1.82, 2.24) is 20.2 Å². The molecule has 0 aliphatic carbocycles. The first kappa shape index (κ1) is 22.2. The highest BCUT2D eigenvalue weighted by Gasteiger charge is 2.17. The van der Waals surface area contributed by atoms with Crippen LogP contribution in [-0.4, -0.2) is 39.7 Å². The third-order valence-electron chi connectivity index (χ3n) is 4.58. The quantitative estimate of drug-likeness (QED) is 0.240. The van der Waals surface area contributed by atoms with Crippen molar-refractivity contribution in [2.24, 2.45) is 5.10 Å². The van der Waals surface area contributed by atoms with Gasteiger partial charge in [-0.3, -0.25) is 9.36 Å². The van der Waals surface area contributed by atoms with Gasteiger partial charge in [0, 0.05) is 11.3 Å². The van der Waals surface area contributed by atoms with Crippen LogP contribution < -0.4 is 10.2 Å². The second kappa shape index (κ2) is 10.6. The average Bonchev–Trinajstić information content (AvgIpc) is 3.27. The van der Waals surface area contributed by atoms with Gasteiger partial charge in [-0.25, -0.2) is 9.82 Å². The molecule has 1 amide bonds. The molecule has 0 unspecified atom stereocenters. The van der Waals surface area contributed by atoms with Crippen molar-refractivity contribution >= 4 is 23.9 Å². The van der Waals surface area contributed by atoms with Gasteiger partial charge in [-0.05, 0) is 42.0 Å². The lowest BCUT2D eigenvalue weighted by Gasteiger charge is -2.11. The van der Waals surface area contributed by atoms with Crippen molar-refractivity contribution in [3.8, 4) is 22.8 Å². The predicted octanol–water partition coefficient (Wildman–Crippen LogP) is 4.32. The molecule has 1 aromatic heterocycles. The molecule has 0 radical (unpaired) electrons. The highest BCUT2D eigenvalue weighted by atomic mass is 32.2. The second-order valence-electron chi connectivity index (χ2n) is 6.84. The fourth-order valence-electron chi connectivity index (χ4n) is 3.03. The Morgan fingerprint density at radius 1 is 1.09 bits per heavy atom. The molecule has 1 N–H and O–H groups in total. The Balaban J connectivity index is 1.51. The summed E-state index contributed by atoms with van der Waals surface area (Å²) in [6.45, 7) is 0. The summed E-state index contributed by atoms with van der Waals surface area (Å²) in [5, 5.41) is 13.1. The second-order valence-corrected chi connectivity index (χ2v) is 7.78. The number of amides is 1. The molecule has 0 fully saturated rings. The van der Waals surface area contributed by atoms with Crippen LogP contribution in [0.15, 0.2) is 89.1 Å². The molecular formula is C24H20FN5O2S. The van der Waals surface area contributed by atoms with Gasteiger partial charge in [0.25, 0.3) is 5.91 Å². The maximum Gasteiger partial charge on any atom is 0.250 e. The zero-order valence-corrected chi connectivity index (χ0v) is 18.5. The number of methoxy groups -OCH3 is 1. The summed E-state index contributed by atoms with van der Waals surface area (Å²) in [6, 6.07) is 23.1. The van der Waals surface area contributed by atoms with Gasteiger partial charge in [0.2, 0.25) is 0 Å². The van der Waals surface area contributed by atoms with Crippen LogP contribution in [0.2, 0.25) is 0 Å². The molecule has 0 bridgehead atoms. The summed E-state index contributed by atoms with van der Waals surface area (Å²) in [4.78, 5) is 12.3. The Morgan fingerprint density at radius 3 is 2.61 bits per heavy atom. The number of halogens is 1. The van der Waals surface area contributed by atoms with Gasteiger partial charge in [-0.15, -0.1) is 10.2 Å². The van der Waals surface area contributed by atoms with Gasteiger partial charge in [0.1, 0.15) is 11.6 Å². The van der Waals surface area contributed by atoms with E-state index in [-0.39, 0.29) is 17.5 Å². The van der Waals surface area contributed by atoms with Gasteiger partial charge < -0.3 is 4.74 Å². The van der Waals surface area contributed by atoms with Crippen molar-refractivity contribution in [2.75, 3.05) is 12.9 Å². The summed E-state index contributed by atoms with van der Waals surface area (Å²) in [6.07, 6.45) is 1.39. The molecule has 9 heteroatoms. The summed E-state index contributed by atoms with van der Waals surface area (Å²) in [5.41, 5.74) is 4.74. The summed E-state index contributed by atoms with van der Waals surface area (Å²) < 4.78 is 20.4. The Kier molecular flexibility index (Phi) is 7.11. The van der Waals surface area contributed by atoms with Gasteiger partial charge in [0.05, 0.1) is 19.1 Å². The van der Waals surface area contributed by atoms with E-state index in [2.05, 4.69) is 20.7 Å². The monoisotopic (exact) mass is 461 g/mol. The number of nitrogens with one attached hydrogen (secondary N) is 1. The first-order chi connectivity index (χ1) is 16.1. The van der Waals surface area contributed by atoms with Gasteiger partial charge in [0.15, 0.2) is 11.0 Å². The van der Waals surface area contributed by atoms with E-state index in [1.807, 2.05) is 59.2 Å². The zero-order valence-electron chi connectivity index (χ0n) is 17.7. The number of carbonyl (C=O) groups excluding carboxylic acids is 1. The maximum absolute atomic E-state index is 13.2. The number of aromatic nitrogens is 3. The molecule has 0 atom stereocenters. The topological polar surface area (TPSA) is 81.4 Å². The Morgan fingerprint density at radius 2 is 1.88 bits per heavy atom. The van der Waals surface area contributed by atoms with Crippen LogP contribution in [0.25, 0.3) is 17.1 Å². The summed E-state index contributed by atoms with van der Waals surface area (Å²) in [7, 11) is 1.61. The molecule has 0 aliphatic heterocycles. The molecule has 33 heavy (non-hydrogen) atoms. The number of carbonyl (C=O) groups is 1. The minimum Gasteiger partial charge on any atom is -0.497 e. The number of rotatable bonds is 8. The van der Waals surface area contributed by atoms with Gasteiger partial charge >= 0.3 is 0 Å². The Bertz CT molecular complexity index is 1260.